The number of carbonyl (C=O) groups is 3. The van der Waals surface area contributed by atoms with Crippen molar-refractivity contribution in [3.05, 3.63) is 41.5 Å². The number of carbonyl (C=O) groups excluding carboxylic acids is 3. The number of amides is 3. The van der Waals surface area contributed by atoms with Gasteiger partial charge in [-0.3, -0.25) is 10.1 Å². The van der Waals surface area contributed by atoms with Crippen molar-refractivity contribution in [1.82, 2.24) is 10.6 Å². The van der Waals surface area contributed by atoms with Gasteiger partial charge < -0.3 is 10.1 Å². The minimum absolute atomic E-state index is 0.0597. The van der Waals surface area contributed by atoms with Gasteiger partial charge in [0.1, 0.15) is 0 Å². The van der Waals surface area contributed by atoms with Crippen LogP contribution in [0.1, 0.15) is 43.7 Å². The van der Waals surface area contributed by atoms with Gasteiger partial charge in [0, 0.05) is 12.1 Å². The van der Waals surface area contributed by atoms with Crippen LogP contribution in [0.25, 0.3) is 6.08 Å². The largest absolute Gasteiger partial charge is 0.452 e. The molecule has 0 saturated heterocycles. The number of nitrogens with one attached hydrogen (secondary N) is 2. The maximum atomic E-state index is 11.9. The van der Waals surface area contributed by atoms with Crippen LogP contribution in [-0.4, -0.2) is 30.6 Å². The molecule has 1 saturated carbocycles. The summed E-state index contributed by atoms with van der Waals surface area (Å²) >= 11 is 0. The van der Waals surface area contributed by atoms with E-state index in [1.165, 1.54) is 12.2 Å². The van der Waals surface area contributed by atoms with E-state index in [1.54, 1.807) is 24.3 Å². The molecule has 27 heavy (non-hydrogen) atoms. The fourth-order valence-corrected chi connectivity index (χ4v) is 2.92. The van der Waals surface area contributed by atoms with Crippen LogP contribution < -0.4 is 10.6 Å². The van der Waals surface area contributed by atoms with E-state index in [0.29, 0.717) is 11.5 Å². The van der Waals surface area contributed by atoms with Crippen LogP contribution in [0.2, 0.25) is 0 Å². The van der Waals surface area contributed by atoms with Crippen LogP contribution in [0.5, 0.6) is 0 Å². The molecular weight excluding hydrogens is 346 g/mol. The molecule has 1 aliphatic carbocycles. The summed E-state index contributed by atoms with van der Waals surface area (Å²) in [5, 5.41) is 13.7. The Balaban J connectivity index is 1.70. The van der Waals surface area contributed by atoms with Gasteiger partial charge in [0.15, 0.2) is 6.61 Å². The summed E-state index contributed by atoms with van der Waals surface area (Å²) in [5.74, 6) is -1.00. The molecule has 0 spiro atoms. The molecule has 0 heterocycles. The zero-order chi connectivity index (χ0) is 19.6. The van der Waals surface area contributed by atoms with E-state index in [2.05, 4.69) is 17.6 Å². The second-order valence-electron chi connectivity index (χ2n) is 6.56. The Bertz CT molecular complexity index is 749. The van der Waals surface area contributed by atoms with E-state index in [9.17, 15) is 14.4 Å². The van der Waals surface area contributed by atoms with Crippen molar-refractivity contribution >= 4 is 24.0 Å². The number of imide groups is 1. The van der Waals surface area contributed by atoms with Crippen molar-refractivity contribution in [3.8, 4) is 6.07 Å². The van der Waals surface area contributed by atoms with Gasteiger partial charge in [-0.15, -0.1) is 0 Å². The van der Waals surface area contributed by atoms with Crippen molar-refractivity contribution in [1.29, 1.82) is 5.26 Å². The zero-order valence-electron chi connectivity index (χ0n) is 15.2. The van der Waals surface area contributed by atoms with E-state index in [0.717, 1.165) is 31.2 Å². The van der Waals surface area contributed by atoms with Gasteiger partial charge in [-0.05, 0) is 42.5 Å². The highest BCUT2D eigenvalue weighted by molar-refractivity contribution is 5.96. The standard InChI is InChI=1S/C20H23N3O4/c1-14-4-2-3-5-17(14)22-20(26)23-18(24)13-27-19(25)11-10-15-6-8-16(12-21)9-7-15/h6-11,14,17H,2-5,13H2,1H3,(H2,22,23,24,26)/b11-10+/t14-,17-/m1/s1. The molecular formula is C20H23N3O4. The predicted octanol–water partition coefficient (Wildman–Crippen LogP) is 2.52. The molecule has 142 valence electrons. The lowest BCUT2D eigenvalue weighted by Crippen LogP contribution is -2.48. The van der Waals surface area contributed by atoms with Gasteiger partial charge in [-0.2, -0.15) is 5.26 Å². The molecule has 0 aliphatic heterocycles. The number of urea groups is 1. The minimum atomic E-state index is -0.698. The first-order chi connectivity index (χ1) is 13.0. The molecule has 2 N–H and O–H groups in total. The summed E-state index contributed by atoms with van der Waals surface area (Å²) in [6, 6.07) is 8.13. The molecule has 1 aromatic rings. The van der Waals surface area contributed by atoms with Gasteiger partial charge >= 0.3 is 12.0 Å². The summed E-state index contributed by atoms with van der Waals surface area (Å²) in [7, 11) is 0. The molecule has 1 aliphatic rings. The average Bonchev–Trinajstić information content (AvgIpc) is 2.67. The quantitative estimate of drug-likeness (QED) is 0.612. The van der Waals surface area contributed by atoms with Gasteiger partial charge in [0.05, 0.1) is 11.6 Å². The number of ether oxygens (including phenoxy) is 1. The van der Waals surface area contributed by atoms with Crippen LogP contribution in [-0.2, 0) is 14.3 Å². The zero-order valence-corrected chi connectivity index (χ0v) is 15.2. The van der Waals surface area contributed by atoms with E-state index < -0.39 is 24.5 Å². The summed E-state index contributed by atoms with van der Waals surface area (Å²) in [5.41, 5.74) is 1.24. The van der Waals surface area contributed by atoms with E-state index in [4.69, 9.17) is 10.00 Å². The fraction of sp³-hybridized carbons (Fsp3) is 0.400. The SMILES string of the molecule is C[C@@H]1CCCC[C@H]1NC(=O)NC(=O)COC(=O)/C=C/c1ccc(C#N)cc1. The molecule has 3 amide bonds. The number of benzene rings is 1. The predicted molar refractivity (Wildman–Crippen MR) is 99.2 cm³/mol. The highest BCUT2D eigenvalue weighted by Gasteiger charge is 2.23. The van der Waals surface area contributed by atoms with E-state index in [-0.39, 0.29) is 6.04 Å². The van der Waals surface area contributed by atoms with Crippen LogP contribution in [0, 0.1) is 17.2 Å². The van der Waals surface area contributed by atoms with Crippen molar-refractivity contribution in [2.75, 3.05) is 6.61 Å². The van der Waals surface area contributed by atoms with Crippen LogP contribution in [0.4, 0.5) is 4.79 Å². The van der Waals surface area contributed by atoms with Gasteiger partial charge in [0.2, 0.25) is 0 Å². The lowest BCUT2D eigenvalue weighted by atomic mass is 9.86. The number of nitrogens with zero attached hydrogens (tertiary/aromatic N) is 1. The molecule has 0 aromatic heterocycles. The highest BCUT2D eigenvalue weighted by Crippen LogP contribution is 2.23. The Kier molecular flexibility index (Phi) is 7.56. The number of nitriles is 1. The monoisotopic (exact) mass is 369 g/mol. The van der Waals surface area contributed by atoms with Crippen molar-refractivity contribution in [2.24, 2.45) is 5.92 Å². The van der Waals surface area contributed by atoms with Crippen LogP contribution in [0.15, 0.2) is 30.3 Å². The number of esters is 1. The molecule has 1 aromatic carbocycles. The van der Waals surface area contributed by atoms with Crippen molar-refractivity contribution in [3.63, 3.8) is 0 Å². The second-order valence-corrected chi connectivity index (χ2v) is 6.56. The van der Waals surface area contributed by atoms with E-state index in [1.807, 2.05) is 6.07 Å². The van der Waals surface area contributed by atoms with E-state index >= 15 is 0 Å². The summed E-state index contributed by atoms with van der Waals surface area (Å²) in [6.07, 6.45) is 6.87. The Morgan fingerprint density at radius 2 is 1.93 bits per heavy atom. The Labute approximate surface area is 158 Å². The molecule has 7 heteroatoms. The van der Waals surface area contributed by atoms with Crippen molar-refractivity contribution in [2.45, 2.75) is 38.6 Å². The van der Waals surface area contributed by atoms with Crippen LogP contribution >= 0.6 is 0 Å². The molecule has 0 radical (unpaired) electrons. The maximum Gasteiger partial charge on any atom is 0.331 e. The number of hydrogen-bond donors (Lipinski definition) is 2. The fourth-order valence-electron chi connectivity index (χ4n) is 2.92. The van der Waals surface area contributed by atoms with Crippen molar-refractivity contribution < 1.29 is 19.1 Å². The summed E-state index contributed by atoms with van der Waals surface area (Å²) < 4.78 is 4.81. The minimum Gasteiger partial charge on any atom is -0.452 e. The first kappa shape index (κ1) is 20.2. The Morgan fingerprint density at radius 1 is 1.22 bits per heavy atom. The average molecular weight is 369 g/mol. The normalized spacial score (nSPS) is 19.1. The summed E-state index contributed by atoms with van der Waals surface area (Å²) in [4.78, 5) is 35.2. The molecule has 2 atom stereocenters. The molecule has 0 bridgehead atoms. The third kappa shape index (κ3) is 6.94. The molecule has 0 unspecified atom stereocenters. The second kappa shape index (κ2) is 10.1. The van der Waals surface area contributed by atoms with Gasteiger partial charge in [-0.25, -0.2) is 9.59 Å². The first-order valence-electron chi connectivity index (χ1n) is 8.93. The van der Waals surface area contributed by atoms with Crippen LogP contribution in [0.3, 0.4) is 0 Å². The molecule has 1 fully saturated rings. The van der Waals surface area contributed by atoms with Gasteiger partial charge in [-0.1, -0.05) is 31.9 Å². The third-order valence-corrected chi connectivity index (χ3v) is 4.48. The number of hydrogen-bond acceptors (Lipinski definition) is 5. The molecule has 2 rings (SSSR count). The smallest absolute Gasteiger partial charge is 0.331 e. The third-order valence-electron chi connectivity index (χ3n) is 4.48. The topological polar surface area (TPSA) is 108 Å². The van der Waals surface area contributed by atoms with Gasteiger partial charge in [0.25, 0.3) is 5.91 Å². The Hall–Kier alpha value is -3.14. The lowest BCUT2D eigenvalue weighted by Gasteiger charge is -2.29. The highest BCUT2D eigenvalue weighted by atomic mass is 16.5. The Morgan fingerprint density at radius 3 is 2.59 bits per heavy atom. The number of rotatable bonds is 5. The summed E-state index contributed by atoms with van der Waals surface area (Å²) in [6.45, 7) is 1.54. The first-order valence-corrected chi connectivity index (χ1v) is 8.93. The maximum absolute atomic E-state index is 11.9. The molecule has 7 nitrogen and oxygen atoms in total. The lowest BCUT2D eigenvalue weighted by molar-refractivity contribution is -0.143.